The van der Waals surface area contributed by atoms with E-state index < -0.39 is 5.82 Å². The Hall–Kier alpha value is -2.43. The summed E-state index contributed by atoms with van der Waals surface area (Å²) >= 11 is 0. The van der Waals surface area contributed by atoms with Crippen LogP contribution in [0.1, 0.15) is 36.0 Å². The molecule has 3 heterocycles. The van der Waals surface area contributed by atoms with Gasteiger partial charge in [0.05, 0.1) is 5.56 Å². The molecule has 4 rings (SSSR count). The van der Waals surface area contributed by atoms with Crippen LogP contribution in [0.25, 0.3) is 0 Å². The van der Waals surface area contributed by atoms with Crippen LogP contribution in [0.4, 0.5) is 4.39 Å². The molecule has 2 unspecified atom stereocenters. The second kappa shape index (κ2) is 6.23. The van der Waals surface area contributed by atoms with Crippen LogP contribution < -0.4 is 4.74 Å². The molecule has 1 aromatic carbocycles. The fourth-order valence-electron chi connectivity index (χ4n) is 3.94. The monoisotopic (exact) mass is 326 g/mol. The van der Waals surface area contributed by atoms with Crippen LogP contribution >= 0.6 is 0 Å². The van der Waals surface area contributed by atoms with E-state index in [0.717, 1.165) is 31.4 Å². The zero-order valence-electron chi connectivity index (χ0n) is 13.3. The number of hydrogen-bond acceptors (Lipinski definition) is 3. The van der Waals surface area contributed by atoms with E-state index in [2.05, 4.69) is 4.98 Å². The number of nitrogens with zero attached hydrogens (tertiary/aromatic N) is 2. The standard InChI is InChI=1S/C19H19FN2O2/c20-18-4-2-1-3-17(18)19(23)22-13-5-6-14(22)12-16(11-13)24-15-7-9-21-10-8-15/h1-4,7-10,13-14,16H,5-6,11-12H2. The highest BCUT2D eigenvalue weighted by Gasteiger charge is 2.44. The number of hydrogen-bond donors (Lipinski definition) is 0. The second-order valence-electron chi connectivity index (χ2n) is 6.47. The number of amides is 1. The van der Waals surface area contributed by atoms with Crippen molar-refractivity contribution in [3.05, 3.63) is 60.2 Å². The number of carbonyl (C=O) groups excluding carboxylic acids is 1. The molecule has 0 saturated carbocycles. The van der Waals surface area contributed by atoms with Gasteiger partial charge in [0.15, 0.2) is 0 Å². The lowest BCUT2D eigenvalue weighted by Crippen LogP contribution is -2.49. The molecular weight excluding hydrogens is 307 g/mol. The van der Waals surface area contributed by atoms with Crippen LogP contribution in [0.3, 0.4) is 0 Å². The Morgan fingerprint density at radius 1 is 1.08 bits per heavy atom. The first-order valence-electron chi connectivity index (χ1n) is 8.36. The first-order valence-corrected chi connectivity index (χ1v) is 8.36. The molecule has 2 saturated heterocycles. The molecule has 0 spiro atoms. The van der Waals surface area contributed by atoms with Crippen LogP contribution in [0.2, 0.25) is 0 Å². The van der Waals surface area contributed by atoms with Gasteiger partial charge in [0.25, 0.3) is 5.91 Å². The molecule has 2 atom stereocenters. The average Bonchev–Trinajstić information content (AvgIpc) is 2.86. The maximum atomic E-state index is 14.0. The Kier molecular flexibility index (Phi) is 3.92. The Morgan fingerprint density at radius 3 is 2.42 bits per heavy atom. The Morgan fingerprint density at radius 2 is 1.75 bits per heavy atom. The van der Waals surface area contributed by atoms with E-state index in [4.69, 9.17) is 4.74 Å². The van der Waals surface area contributed by atoms with Crippen molar-refractivity contribution in [2.45, 2.75) is 43.9 Å². The van der Waals surface area contributed by atoms with Gasteiger partial charge in [-0.3, -0.25) is 9.78 Å². The molecule has 1 amide bonds. The van der Waals surface area contributed by atoms with E-state index in [-0.39, 0.29) is 29.7 Å². The summed E-state index contributed by atoms with van der Waals surface area (Å²) in [4.78, 5) is 18.7. The summed E-state index contributed by atoms with van der Waals surface area (Å²) in [5.74, 6) is 0.170. The highest BCUT2D eigenvalue weighted by Crippen LogP contribution is 2.38. The highest BCUT2D eigenvalue weighted by molar-refractivity contribution is 5.95. The number of rotatable bonds is 3. The summed E-state index contributed by atoms with van der Waals surface area (Å²) in [6.45, 7) is 0. The lowest BCUT2D eigenvalue weighted by molar-refractivity contribution is 0.0355. The predicted molar refractivity (Wildman–Crippen MR) is 87.3 cm³/mol. The lowest BCUT2D eigenvalue weighted by Gasteiger charge is -2.39. The van der Waals surface area contributed by atoms with Gasteiger partial charge >= 0.3 is 0 Å². The van der Waals surface area contributed by atoms with Gasteiger partial charge in [-0.05, 0) is 37.1 Å². The van der Waals surface area contributed by atoms with E-state index in [9.17, 15) is 9.18 Å². The molecule has 1 aromatic heterocycles. The van der Waals surface area contributed by atoms with E-state index >= 15 is 0 Å². The average molecular weight is 326 g/mol. The second-order valence-corrected chi connectivity index (χ2v) is 6.47. The third kappa shape index (κ3) is 2.75. The lowest BCUT2D eigenvalue weighted by atomic mass is 9.98. The molecule has 2 aromatic rings. The van der Waals surface area contributed by atoms with Crippen LogP contribution in [0.5, 0.6) is 5.75 Å². The summed E-state index contributed by atoms with van der Waals surface area (Å²) in [6.07, 6.45) is 7.01. The molecule has 24 heavy (non-hydrogen) atoms. The summed E-state index contributed by atoms with van der Waals surface area (Å²) in [7, 11) is 0. The topological polar surface area (TPSA) is 42.4 Å². The number of halogens is 1. The first-order chi connectivity index (χ1) is 11.7. The van der Waals surface area contributed by atoms with Crippen LogP contribution in [0, 0.1) is 5.82 Å². The molecular formula is C19H19FN2O2. The largest absolute Gasteiger partial charge is 0.490 e. The SMILES string of the molecule is O=C(c1ccccc1F)N1C2CCC1CC(Oc1ccncc1)C2. The Balaban J connectivity index is 1.49. The third-order valence-electron chi connectivity index (χ3n) is 4.98. The zero-order valence-corrected chi connectivity index (χ0v) is 13.3. The van der Waals surface area contributed by atoms with Crippen molar-refractivity contribution in [3.63, 3.8) is 0 Å². The molecule has 124 valence electrons. The third-order valence-corrected chi connectivity index (χ3v) is 4.98. The Bertz CT molecular complexity index is 723. The minimum atomic E-state index is -0.447. The molecule has 2 aliphatic rings. The minimum Gasteiger partial charge on any atom is -0.490 e. The number of benzene rings is 1. The maximum absolute atomic E-state index is 14.0. The predicted octanol–water partition coefficient (Wildman–Crippen LogP) is 3.44. The van der Waals surface area contributed by atoms with Crippen molar-refractivity contribution >= 4 is 5.91 Å². The molecule has 0 N–H and O–H groups in total. The number of ether oxygens (including phenoxy) is 1. The van der Waals surface area contributed by atoms with Crippen molar-refractivity contribution in [2.75, 3.05) is 0 Å². The first kappa shape index (κ1) is 15.1. The summed E-state index contributed by atoms with van der Waals surface area (Å²) in [5.41, 5.74) is 0.169. The van der Waals surface area contributed by atoms with Gasteiger partial charge in [-0.2, -0.15) is 0 Å². The zero-order chi connectivity index (χ0) is 16.5. The fourth-order valence-corrected chi connectivity index (χ4v) is 3.94. The Labute approximate surface area is 140 Å². The van der Waals surface area contributed by atoms with Crippen molar-refractivity contribution in [1.82, 2.24) is 9.88 Å². The smallest absolute Gasteiger partial charge is 0.257 e. The van der Waals surface area contributed by atoms with Crippen molar-refractivity contribution < 1.29 is 13.9 Å². The van der Waals surface area contributed by atoms with E-state index in [1.54, 1.807) is 30.6 Å². The van der Waals surface area contributed by atoms with E-state index in [0.29, 0.717) is 0 Å². The van der Waals surface area contributed by atoms with Crippen molar-refractivity contribution in [2.24, 2.45) is 0 Å². The van der Waals surface area contributed by atoms with Gasteiger partial charge in [-0.1, -0.05) is 12.1 Å². The number of piperidine rings is 1. The number of pyridine rings is 1. The number of aromatic nitrogens is 1. The molecule has 2 bridgehead atoms. The quantitative estimate of drug-likeness (QED) is 0.868. The summed E-state index contributed by atoms with van der Waals surface area (Å²) in [6, 6.07) is 10.2. The van der Waals surface area contributed by atoms with Crippen LogP contribution in [0.15, 0.2) is 48.8 Å². The van der Waals surface area contributed by atoms with Gasteiger partial charge in [0, 0.05) is 37.3 Å². The van der Waals surface area contributed by atoms with E-state index in [1.807, 2.05) is 17.0 Å². The molecule has 4 nitrogen and oxygen atoms in total. The summed E-state index contributed by atoms with van der Waals surface area (Å²) in [5, 5.41) is 0. The molecule has 2 aliphatic heterocycles. The highest BCUT2D eigenvalue weighted by atomic mass is 19.1. The van der Waals surface area contributed by atoms with Gasteiger partial charge in [0.1, 0.15) is 17.7 Å². The van der Waals surface area contributed by atoms with Crippen LogP contribution in [-0.4, -0.2) is 34.0 Å². The molecule has 0 aliphatic carbocycles. The molecule has 0 radical (unpaired) electrons. The maximum Gasteiger partial charge on any atom is 0.257 e. The minimum absolute atomic E-state index is 0.0922. The summed E-state index contributed by atoms with van der Waals surface area (Å²) < 4.78 is 20.0. The number of carbonyl (C=O) groups is 1. The molecule has 5 heteroatoms. The van der Waals surface area contributed by atoms with Gasteiger partial charge in [0.2, 0.25) is 0 Å². The normalized spacial score (nSPS) is 25.5. The molecule has 2 fully saturated rings. The number of fused-ring (bicyclic) bond motifs is 2. The van der Waals surface area contributed by atoms with E-state index in [1.165, 1.54) is 6.07 Å². The van der Waals surface area contributed by atoms with Crippen molar-refractivity contribution in [1.29, 1.82) is 0 Å². The van der Waals surface area contributed by atoms with Crippen molar-refractivity contribution in [3.8, 4) is 5.75 Å². The van der Waals surface area contributed by atoms with Crippen LogP contribution in [-0.2, 0) is 0 Å². The fraction of sp³-hybridized carbons (Fsp3) is 0.368. The van der Waals surface area contributed by atoms with Gasteiger partial charge in [-0.15, -0.1) is 0 Å². The van der Waals surface area contributed by atoms with Gasteiger partial charge in [-0.25, -0.2) is 4.39 Å². The van der Waals surface area contributed by atoms with Gasteiger partial charge < -0.3 is 9.64 Å².